The standard InChI is InChI=1S/C7H7NOS.Zn/c8-6-3-5(4-9)1-2-7(6)10;/h1-4,10H,8H2;. The van der Waals surface area contributed by atoms with Gasteiger partial charge >= 0.3 is 0 Å². The van der Waals surface area contributed by atoms with E-state index in [1.807, 2.05) is 0 Å². The van der Waals surface area contributed by atoms with Crippen molar-refractivity contribution >= 4 is 24.6 Å². The van der Waals surface area contributed by atoms with E-state index in [1.54, 1.807) is 18.2 Å². The number of hydrogen-bond acceptors (Lipinski definition) is 3. The molecule has 1 rings (SSSR count). The zero-order valence-electron chi connectivity index (χ0n) is 5.95. The van der Waals surface area contributed by atoms with E-state index in [0.29, 0.717) is 16.1 Å². The molecule has 2 N–H and O–H groups in total. The Bertz CT molecular complexity index is 265. The zero-order valence-corrected chi connectivity index (χ0v) is 9.81. The van der Waals surface area contributed by atoms with Crippen molar-refractivity contribution in [2.75, 3.05) is 5.73 Å². The molecule has 0 aliphatic heterocycles. The molecule has 0 radical (unpaired) electrons. The Labute approximate surface area is 83.3 Å². The summed E-state index contributed by atoms with van der Waals surface area (Å²) in [6.07, 6.45) is 0.754. The molecule has 0 saturated heterocycles. The number of carbonyl (C=O) groups excluding carboxylic acids is 1. The van der Waals surface area contributed by atoms with E-state index >= 15 is 0 Å². The molecule has 0 amide bonds. The third-order valence-corrected chi connectivity index (χ3v) is 1.59. The van der Waals surface area contributed by atoms with Crippen LogP contribution < -0.4 is 5.73 Å². The van der Waals surface area contributed by atoms with Crippen molar-refractivity contribution in [1.82, 2.24) is 0 Å². The van der Waals surface area contributed by atoms with Gasteiger partial charge in [0, 0.05) is 35.6 Å². The third-order valence-electron chi connectivity index (χ3n) is 1.19. The number of nitrogen functional groups attached to an aromatic ring is 1. The van der Waals surface area contributed by atoms with Gasteiger partial charge in [-0.15, -0.1) is 12.6 Å². The van der Waals surface area contributed by atoms with Gasteiger partial charge in [0.2, 0.25) is 0 Å². The van der Waals surface area contributed by atoms with E-state index in [1.165, 1.54) is 0 Å². The van der Waals surface area contributed by atoms with Gasteiger partial charge < -0.3 is 5.73 Å². The van der Waals surface area contributed by atoms with Gasteiger partial charge in [-0.05, 0) is 12.1 Å². The molecule has 1 aromatic carbocycles. The van der Waals surface area contributed by atoms with E-state index in [9.17, 15) is 4.79 Å². The first-order chi connectivity index (χ1) is 4.74. The fourth-order valence-corrected chi connectivity index (χ4v) is 0.785. The molecular formula is C7H7NOSZn. The van der Waals surface area contributed by atoms with Crippen LogP contribution in [0.3, 0.4) is 0 Å². The Balaban J connectivity index is 0.000001000. The molecule has 2 nitrogen and oxygen atoms in total. The minimum Gasteiger partial charge on any atom is -0.398 e. The van der Waals surface area contributed by atoms with E-state index in [0.717, 1.165) is 6.29 Å². The quantitative estimate of drug-likeness (QED) is 0.324. The average molecular weight is 219 g/mol. The van der Waals surface area contributed by atoms with Crippen LogP contribution in [0.1, 0.15) is 10.4 Å². The second-order valence-electron chi connectivity index (χ2n) is 1.94. The molecule has 0 heterocycles. The summed E-state index contributed by atoms with van der Waals surface area (Å²) in [5, 5.41) is 0. The summed E-state index contributed by atoms with van der Waals surface area (Å²) in [7, 11) is 0. The summed E-state index contributed by atoms with van der Waals surface area (Å²) >= 11 is 4.04. The summed E-state index contributed by atoms with van der Waals surface area (Å²) in [6.45, 7) is 0. The maximum absolute atomic E-state index is 10.2. The molecule has 0 aromatic heterocycles. The van der Waals surface area contributed by atoms with Crippen molar-refractivity contribution < 1.29 is 24.3 Å². The minimum atomic E-state index is 0. The van der Waals surface area contributed by atoms with E-state index in [4.69, 9.17) is 5.73 Å². The number of carbonyl (C=O) groups is 1. The van der Waals surface area contributed by atoms with Crippen molar-refractivity contribution in [3.8, 4) is 0 Å². The third kappa shape index (κ3) is 2.64. The minimum absolute atomic E-state index is 0. The van der Waals surface area contributed by atoms with Crippen molar-refractivity contribution in [3.63, 3.8) is 0 Å². The maximum atomic E-state index is 10.2. The second kappa shape index (κ2) is 4.52. The Morgan fingerprint density at radius 1 is 1.45 bits per heavy atom. The largest absolute Gasteiger partial charge is 0.398 e. The molecule has 0 saturated carbocycles. The molecule has 4 heteroatoms. The number of anilines is 1. The SMILES string of the molecule is Nc1cc(C=O)ccc1S.[Zn]. The molecule has 0 atom stereocenters. The predicted molar refractivity (Wildman–Crippen MR) is 43.5 cm³/mol. The van der Waals surface area contributed by atoms with Gasteiger partial charge in [-0.3, -0.25) is 4.79 Å². The summed E-state index contributed by atoms with van der Waals surface area (Å²) in [6, 6.07) is 4.96. The second-order valence-corrected chi connectivity index (χ2v) is 2.42. The summed E-state index contributed by atoms with van der Waals surface area (Å²) in [5.41, 5.74) is 6.58. The maximum Gasteiger partial charge on any atom is 0.150 e. The van der Waals surface area contributed by atoms with E-state index in [-0.39, 0.29) is 19.5 Å². The number of hydrogen-bond donors (Lipinski definition) is 2. The Hall–Kier alpha value is -0.337. The van der Waals surface area contributed by atoms with Crippen molar-refractivity contribution in [3.05, 3.63) is 23.8 Å². The van der Waals surface area contributed by atoms with Crippen LogP contribution in [0, 0.1) is 0 Å². The Morgan fingerprint density at radius 3 is 2.55 bits per heavy atom. The van der Waals surface area contributed by atoms with Gasteiger partial charge in [0.15, 0.2) is 0 Å². The number of benzene rings is 1. The van der Waals surface area contributed by atoms with Gasteiger partial charge in [-0.1, -0.05) is 6.07 Å². The van der Waals surface area contributed by atoms with Crippen LogP contribution in [-0.4, -0.2) is 6.29 Å². The molecule has 11 heavy (non-hydrogen) atoms. The van der Waals surface area contributed by atoms with Crippen molar-refractivity contribution in [1.29, 1.82) is 0 Å². The van der Waals surface area contributed by atoms with E-state index < -0.39 is 0 Å². The van der Waals surface area contributed by atoms with Crippen LogP contribution in [0.25, 0.3) is 0 Å². The molecule has 0 spiro atoms. The first kappa shape index (κ1) is 10.7. The van der Waals surface area contributed by atoms with Crippen molar-refractivity contribution in [2.24, 2.45) is 0 Å². The van der Waals surface area contributed by atoms with Gasteiger partial charge in [0.1, 0.15) is 6.29 Å². The Kier molecular flexibility index (Phi) is 4.38. The number of nitrogens with two attached hydrogens (primary N) is 1. The molecule has 0 aliphatic rings. The molecule has 0 fully saturated rings. The fourth-order valence-electron chi connectivity index (χ4n) is 0.646. The first-order valence-corrected chi connectivity index (χ1v) is 3.22. The molecule has 0 aliphatic carbocycles. The first-order valence-electron chi connectivity index (χ1n) is 2.77. The summed E-state index contributed by atoms with van der Waals surface area (Å²) < 4.78 is 0. The van der Waals surface area contributed by atoms with Gasteiger partial charge in [-0.25, -0.2) is 0 Å². The van der Waals surface area contributed by atoms with Crippen LogP contribution in [0.5, 0.6) is 0 Å². The van der Waals surface area contributed by atoms with Crippen LogP contribution in [0.15, 0.2) is 23.1 Å². The smallest absolute Gasteiger partial charge is 0.150 e. The summed E-state index contributed by atoms with van der Waals surface area (Å²) in [5.74, 6) is 0. The molecule has 1 aromatic rings. The van der Waals surface area contributed by atoms with Gasteiger partial charge in [0.05, 0.1) is 0 Å². The van der Waals surface area contributed by atoms with E-state index in [2.05, 4.69) is 12.6 Å². The van der Waals surface area contributed by atoms with Gasteiger partial charge in [-0.2, -0.15) is 0 Å². The van der Waals surface area contributed by atoms with Crippen molar-refractivity contribution in [2.45, 2.75) is 4.90 Å². The number of thiol groups is 1. The Morgan fingerprint density at radius 2 is 2.09 bits per heavy atom. The van der Waals surface area contributed by atoms with Crippen LogP contribution >= 0.6 is 12.6 Å². The summed E-state index contributed by atoms with van der Waals surface area (Å²) in [4.78, 5) is 10.9. The number of rotatable bonds is 1. The monoisotopic (exact) mass is 217 g/mol. The average Bonchev–Trinajstić information content (AvgIpc) is 1.95. The molecular weight excluding hydrogens is 212 g/mol. The number of aldehydes is 1. The predicted octanol–water partition coefficient (Wildman–Crippen LogP) is 1.37. The van der Waals surface area contributed by atoms with Crippen LogP contribution in [0.2, 0.25) is 0 Å². The van der Waals surface area contributed by atoms with Crippen LogP contribution in [-0.2, 0) is 19.5 Å². The van der Waals surface area contributed by atoms with Gasteiger partial charge in [0.25, 0.3) is 0 Å². The fraction of sp³-hybridized carbons (Fsp3) is 0. The molecule has 0 bridgehead atoms. The normalized spacial score (nSPS) is 8.45. The zero-order chi connectivity index (χ0) is 7.56. The van der Waals surface area contributed by atoms with Crippen LogP contribution in [0.4, 0.5) is 5.69 Å². The topological polar surface area (TPSA) is 43.1 Å². The molecule has 54 valence electrons. The molecule has 0 unspecified atom stereocenters.